The molecule has 0 radical (unpaired) electrons. The summed E-state index contributed by atoms with van der Waals surface area (Å²) in [4.78, 5) is 30.6. The number of likely N-dealkylation sites (tertiary alicyclic amines) is 2. The molecule has 2 saturated heterocycles. The Morgan fingerprint density at radius 1 is 1.00 bits per heavy atom. The maximum Gasteiger partial charge on any atom is 0.227 e. The number of ether oxygens (including phenoxy) is 1. The van der Waals surface area contributed by atoms with Gasteiger partial charge in [0.1, 0.15) is 5.75 Å². The van der Waals surface area contributed by atoms with Gasteiger partial charge in [0.25, 0.3) is 0 Å². The van der Waals surface area contributed by atoms with Gasteiger partial charge in [-0.15, -0.1) is 0 Å². The van der Waals surface area contributed by atoms with Crippen LogP contribution in [0.15, 0.2) is 46.9 Å². The predicted octanol–water partition coefficient (Wildman–Crippen LogP) is 6.04. The standard InChI is InChI=1S/C28H34BrClN2O3/c1-21-16-23(10-11-25(21)30)35-20-28(18-27(34)31-13-5-2-6-14-31)12-7-15-32(19-28)26(33)17-22-8-3-4-9-24(22)29/h3-4,8-11,16H,2,5-7,12-15,17-20H2,1H3/t28-/m1/s1. The van der Waals surface area contributed by atoms with Crippen LogP contribution in [0.4, 0.5) is 0 Å². The maximum absolute atomic E-state index is 13.3. The van der Waals surface area contributed by atoms with Crippen molar-refractivity contribution >= 4 is 39.3 Å². The molecule has 0 spiro atoms. The Morgan fingerprint density at radius 3 is 2.49 bits per heavy atom. The number of carbonyl (C=O) groups is 2. The summed E-state index contributed by atoms with van der Waals surface area (Å²) in [5.41, 5.74) is 1.52. The highest BCUT2D eigenvalue weighted by molar-refractivity contribution is 9.10. The molecule has 35 heavy (non-hydrogen) atoms. The molecule has 7 heteroatoms. The van der Waals surface area contributed by atoms with E-state index in [1.165, 1.54) is 6.42 Å². The van der Waals surface area contributed by atoms with E-state index in [1.54, 1.807) is 0 Å². The second-order valence-corrected chi connectivity index (χ2v) is 11.3. The van der Waals surface area contributed by atoms with E-state index in [0.29, 0.717) is 37.6 Å². The number of piperidine rings is 2. The number of rotatable bonds is 7. The lowest BCUT2D eigenvalue weighted by molar-refractivity contribution is -0.141. The van der Waals surface area contributed by atoms with Crippen molar-refractivity contribution in [3.63, 3.8) is 0 Å². The molecule has 0 unspecified atom stereocenters. The average molecular weight is 562 g/mol. The van der Waals surface area contributed by atoms with E-state index in [2.05, 4.69) is 15.9 Å². The van der Waals surface area contributed by atoms with E-state index in [-0.39, 0.29) is 11.8 Å². The first-order valence-corrected chi connectivity index (χ1v) is 13.7. The quantitative estimate of drug-likeness (QED) is 0.414. The molecular formula is C28H34BrClN2O3. The molecule has 0 aliphatic carbocycles. The van der Waals surface area contributed by atoms with E-state index in [9.17, 15) is 9.59 Å². The third-order valence-electron chi connectivity index (χ3n) is 7.22. The van der Waals surface area contributed by atoms with Crippen LogP contribution >= 0.6 is 27.5 Å². The highest BCUT2D eigenvalue weighted by Crippen LogP contribution is 2.36. The summed E-state index contributed by atoms with van der Waals surface area (Å²) in [5, 5.41) is 0.703. The number of nitrogens with zero attached hydrogens (tertiary/aromatic N) is 2. The van der Waals surface area contributed by atoms with Crippen molar-refractivity contribution in [2.24, 2.45) is 5.41 Å². The molecule has 1 atom stereocenters. The number of benzene rings is 2. The van der Waals surface area contributed by atoms with Crippen LogP contribution in [0.5, 0.6) is 5.75 Å². The Balaban J connectivity index is 1.51. The summed E-state index contributed by atoms with van der Waals surface area (Å²) in [6.07, 6.45) is 5.78. The van der Waals surface area contributed by atoms with E-state index >= 15 is 0 Å². The zero-order valence-corrected chi connectivity index (χ0v) is 22.7. The molecule has 188 valence electrons. The first-order chi connectivity index (χ1) is 16.8. The number of amides is 2. The molecule has 2 aliphatic heterocycles. The van der Waals surface area contributed by atoms with Crippen molar-refractivity contribution in [2.75, 3.05) is 32.8 Å². The monoisotopic (exact) mass is 560 g/mol. The Kier molecular flexibility index (Phi) is 8.77. The van der Waals surface area contributed by atoms with Crippen molar-refractivity contribution in [3.05, 3.63) is 63.1 Å². The maximum atomic E-state index is 13.3. The largest absolute Gasteiger partial charge is 0.493 e. The van der Waals surface area contributed by atoms with Gasteiger partial charge in [-0.2, -0.15) is 0 Å². The summed E-state index contributed by atoms with van der Waals surface area (Å²) < 4.78 is 7.21. The molecule has 2 fully saturated rings. The Hall–Kier alpha value is -2.05. The SMILES string of the molecule is Cc1cc(OC[C@@]2(CC(=O)N3CCCCC3)CCCN(C(=O)Cc3ccccc3Br)C2)ccc1Cl. The molecule has 2 aromatic rings. The molecule has 5 nitrogen and oxygen atoms in total. The minimum absolute atomic E-state index is 0.0914. The molecule has 2 aromatic carbocycles. The Bertz CT molecular complexity index is 1060. The van der Waals surface area contributed by atoms with Crippen molar-refractivity contribution in [2.45, 2.75) is 51.9 Å². The van der Waals surface area contributed by atoms with Crippen LogP contribution in [0, 0.1) is 12.3 Å². The fourth-order valence-corrected chi connectivity index (χ4v) is 5.71. The molecular weight excluding hydrogens is 528 g/mol. The van der Waals surface area contributed by atoms with Gasteiger partial charge >= 0.3 is 0 Å². The summed E-state index contributed by atoms with van der Waals surface area (Å²) in [5.74, 6) is 1.02. The van der Waals surface area contributed by atoms with Crippen molar-refractivity contribution in [1.29, 1.82) is 0 Å². The zero-order valence-electron chi connectivity index (χ0n) is 20.4. The van der Waals surface area contributed by atoms with E-state index in [1.807, 2.05) is 59.2 Å². The number of aryl methyl sites for hydroxylation is 1. The van der Waals surface area contributed by atoms with Crippen LogP contribution in [0.25, 0.3) is 0 Å². The first kappa shape index (κ1) is 26.0. The van der Waals surface area contributed by atoms with Gasteiger partial charge in [-0.1, -0.05) is 45.7 Å². The van der Waals surface area contributed by atoms with Gasteiger partial charge in [0.2, 0.25) is 11.8 Å². The van der Waals surface area contributed by atoms with Crippen LogP contribution < -0.4 is 4.74 Å². The topological polar surface area (TPSA) is 49.9 Å². The lowest BCUT2D eigenvalue weighted by atomic mass is 9.77. The first-order valence-electron chi connectivity index (χ1n) is 12.5. The Labute approximate surface area is 221 Å². The third kappa shape index (κ3) is 6.79. The highest BCUT2D eigenvalue weighted by atomic mass is 79.9. The fraction of sp³-hybridized carbons (Fsp3) is 0.500. The van der Waals surface area contributed by atoms with Crippen LogP contribution in [0.3, 0.4) is 0 Å². The molecule has 0 aromatic heterocycles. The van der Waals surface area contributed by atoms with Gasteiger partial charge in [-0.25, -0.2) is 0 Å². The molecule has 4 rings (SSSR count). The van der Waals surface area contributed by atoms with Crippen molar-refractivity contribution in [1.82, 2.24) is 9.80 Å². The van der Waals surface area contributed by atoms with Crippen LogP contribution in [-0.2, 0) is 16.0 Å². The van der Waals surface area contributed by atoms with Crippen LogP contribution in [0.1, 0.15) is 49.7 Å². The molecule has 0 N–H and O–H groups in total. The molecule has 0 bridgehead atoms. The normalized spacial score (nSPS) is 20.5. The van der Waals surface area contributed by atoms with Crippen LogP contribution in [0.2, 0.25) is 5.02 Å². The minimum atomic E-state index is -0.413. The number of hydrogen-bond donors (Lipinski definition) is 0. The van der Waals surface area contributed by atoms with E-state index < -0.39 is 5.41 Å². The lowest BCUT2D eigenvalue weighted by Crippen LogP contribution is -2.51. The van der Waals surface area contributed by atoms with Crippen LogP contribution in [-0.4, -0.2) is 54.4 Å². The van der Waals surface area contributed by atoms with Gasteiger partial charge in [-0.05, 0) is 74.4 Å². The van der Waals surface area contributed by atoms with Gasteiger partial charge in [0.15, 0.2) is 0 Å². The molecule has 0 saturated carbocycles. The molecule has 2 aliphatic rings. The van der Waals surface area contributed by atoms with Gasteiger partial charge in [0.05, 0.1) is 13.0 Å². The molecule has 2 heterocycles. The van der Waals surface area contributed by atoms with Gasteiger partial charge in [0, 0.05) is 47.5 Å². The lowest BCUT2D eigenvalue weighted by Gasteiger charge is -2.43. The zero-order chi connectivity index (χ0) is 24.8. The third-order valence-corrected chi connectivity index (χ3v) is 8.42. The van der Waals surface area contributed by atoms with E-state index in [4.69, 9.17) is 16.3 Å². The summed E-state index contributed by atoms with van der Waals surface area (Å²) in [7, 11) is 0. The average Bonchev–Trinajstić information content (AvgIpc) is 2.87. The van der Waals surface area contributed by atoms with Gasteiger partial charge in [-0.3, -0.25) is 9.59 Å². The fourth-order valence-electron chi connectivity index (χ4n) is 5.17. The summed E-state index contributed by atoms with van der Waals surface area (Å²) in [6.45, 7) is 5.25. The minimum Gasteiger partial charge on any atom is -0.493 e. The van der Waals surface area contributed by atoms with Gasteiger partial charge < -0.3 is 14.5 Å². The number of halogens is 2. The second-order valence-electron chi connectivity index (χ2n) is 10.0. The summed E-state index contributed by atoms with van der Waals surface area (Å²) in [6, 6.07) is 13.5. The molecule has 2 amide bonds. The van der Waals surface area contributed by atoms with Crippen molar-refractivity contribution in [3.8, 4) is 5.75 Å². The summed E-state index contributed by atoms with van der Waals surface area (Å²) >= 11 is 9.75. The van der Waals surface area contributed by atoms with E-state index in [0.717, 1.165) is 60.1 Å². The number of hydrogen-bond acceptors (Lipinski definition) is 3. The number of carbonyl (C=O) groups excluding carboxylic acids is 2. The highest BCUT2D eigenvalue weighted by Gasteiger charge is 2.41. The smallest absolute Gasteiger partial charge is 0.227 e. The second kappa shape index (κ2) is 11.8. The van der Waals surface area contributed by atoms with Crippen molar-refractivity contribution < 1.29 is 14.3 Å². The Morgan fingerprint density at radius 2 is 1.74 bits per heavy atom. The predicted molar refractivity (Wildman–Crippen MR) is 143 cm³/mol.